The lowest BCUT2D eigenvalue weighted by Crippen LogP contribution is -2.38. The highest BCUT2D eigenvalue weighted by Gasteiger charge is 2.10. The molecule has 86 valence electrons. The number of nitrogens with one attached hydrogen (secondary N) is 2. The topological polar surface area (TPSA) is 30.5 Å². The van der Waals surface area contributed by atoms with E-state index >= 15 is 0 Å². The molecule has 2 N–H and O–H groups in total. The maximum Gasteiger partial charge on any atom is 0.0142 e. The van der Waals surface area contributed by atoms with E-state index in [1.165, 1.54) is 12.8 Å². The van der Waals surface area contributed by atoms with Gasteiger partial charge in [-0.1, -0.05) is 0 Å². The van der Waals surface area contributed by atoms with Gasteiger partial charge in [0.25, 0.3) is 0 Å². The first-order chi connectivity index (χ1) is 6.61. The van der Waals surface area contributed by atoms with Crippen molar-refractivity contribution >= 4 is 0 Å². The Morgan fingerprint density at radius 2 is 1.71 bits per heavy atom. The van der Waals surface area contributed by atoms with Gasteiger partial charge in [0.15, 0.2) is 0 Å². The van der Waals surface area contributed by atoms with E-state index in [1.807, 2.05) is 14.1 Å². The number of nitrogens with zero attached hydrogens (tertiary/aromatic N) is 2. The maximum absolute atomic E-state index is 3.20. The molecule has 4 heteroatoms. The molecule has 0 rings (SSSR count). The summed E-state index contributed by atoms with van der Waals surface area (Å²) >= 11 is 0. The predicted molar refractivity (Wildman–Crippen MR) is 62.3 cm³/mol. The van der Waals surface area contributed by atoms with Crippen LogP contribution in [0.4, 0.5) is 0 Å². The second-order valence-corrected chi connectivity index (χ2v) is 3.94. The predicted octanol–water partition coefficient (Wildman–Crippen LogP) is -0.0176. The third kappa shape index (κ3) is 6.32. The van der Waals surface area contributed by atoms with Gasteiger partial charge in [0, 0.05) is 19.6 Å². The zero-order valence-electron chi connectivity index (χ0n) is 10.3. The van der Waals surface area contributed by atoms with E-state index in [1.54, 1.807) is 0 Å². The normalized spacial score (nSPS) is 13.9. The minimum atomic E-state index is 0.665. The minimum Gasteiger partial charge on any atom is -0.320 e. The van der Waals surface area contributed by atoms with Crippen molar-refractivity contribution in [2.75, 3.05) is 48.3 Å². The smallest absolute Gasteiger partial charge is 0.0142 e. The lowest BCUT2D eigenvalue weighted by atomic mass is 10.1. The van der Waals surface area contributed by atoms with Gasteiger partial charge < -0.3 is 10.2 Å². The summed E-state index contributed by atoms with van der Waals surface area (Å²) in [6.07, 6.45) is 2.41. The van der Waals surface area contributed by atoms with Crippen LogP contribution in [0.25, 0.3) is 0 Å². The average molecular weight is 202 g/mol. The van der Waals surface area contributed by atoms with Gasteiger partial charge in [0.2, 0.25) is 0 Å². The molecule has 1 atom stereocenters. The van der Waals surface area contributed by atoms with Gasteiger partial charge in [-0.05, 0) is 47.6 Å². The van der Waals surface area contributed by atoms with E-state index in [9.17, 15) is 0 Å². The lowest BCUT2D eigenvalue weighted by Gasteiger charge is -2.26. The second-order valence-electron chi connectivity index (χ2n) is 3.94. The molecule has 0 aromatic heterocycles. The Hall–Kier alpha value is -0.160. The fourth-order valence-electron chi connectivity index (χ4n) is 1.43. The summed E-state index contributed by atoms with van der Waals surface area (Å²) in [4.78, 5) is 2.31. The molecular formula is C10H26N4. The SMILES string of the molecule is CNCCC(CCN(C)NC)N(C)C. The van der Waals surface area contributed by atoms with E-state index in [0.717, 1.165) is 13.1 Å². The Morgan fingerprint density at radius 3 is 2.14 bits per heavy atom. The van der Waals surface area contributed by atoms with Crippen LogP contribution in [-0.4, -0.2) is 64.3 Å². The molecule has 0 aromatic carbocycles. The lowest BCUT2D eigenvalue weighted by molar-refractivity contribution is 0.199. The van der Waals surface area contributed by atoms with Crippen molar-refractivity contribution in [3.8, 4) is 0 Å². The zero-order chi connectivity index (χ0) is 11.0. The van der Waals surface area contributed by atoms with Crippen molar-refractivity contribution < 1.29 is 0 Å². The quantitative estimate of drug-likeness (QED) is 0.542. The van der Waals surface area contributed by atoms with Crippen molar-refractivity contribution in [3.05, 3.63) is 0 Å². The summed E-state index contributed by atoms with van der Waals surface area (Å²) < 4.78 is 0. The van der Waals surface area contributed by atoms with Crippen LogP contribution in [-0.2, 0) is 0 Å². The number of hydrogen-bond donors (Lipinski definition) is 2. The van der Waals surface area contributed by atoms with Crippen molar-refractivity contribution in [1.82, 2.24) is 20.7 Å². The third-order valence-electron chi connectivity index (χ3n) is 2.64. The molecule has 0 amide bonds. The Kier molecular flexibility index (Phi) is 8.08. The number of hydrazine groups is 1. The van der Waals surface area contributed by atoms with E-state index < -0.39 is 0 Å². The zero-order valence-corrected chi connectivity index (χ0v) is 10.3. The monoisotopic (exact) mass is 202 g/mol. The Labute approximate surface area is 88.6 Å². The van der Waals surface area contributed by atoms with Crippen LogP contribution in [0.15, 0.2) is 0 Å². The molecule has 0 saturated heterocycles. The fraction of sp³-hybridized carbons (Fsp3) is 1.00. The van der Waals surface area contributed by atoms with Crippen molar-refractivity contribution in [3.63, 3.8) is 0 Å². The second kappa shape index (κ2) is 8.17. The van der Waals surface area contributed by atoms with Crippen LogP contribution in [0.1, 0.15) is 12.8 Å². The Bertz CT molecular complexity index is 127. The minimum absolute atomic E-state index is 0.665. The first-order valence-electron chi connectivity index (χ1n) is 5.31. The van der Waals surface area contributed by atoms with Crippen LogP contribution >= 0.6 is 0 Å². The summed E-state index contributed by atoms with van der Waals surface area (Å²) in [6, 6.07) is 0.665. The molecule has 0 spiro atoms. The molecule has 14 heavy (non-hydrogen) atoms. The molecule has 1 unspecified atom stereocenters. The van der Waals surface area contributed by atoms with Gasteiger partial charge >= 0.3 is 0 Å². The third-order valence-corrected chi connectivity index (χ3v) is 2.64. The molecule has 0 heterocycles. The van der Waals surface area contributed by atoms with E-state index in [0.29, 0.717) is 6.04 Å². The Morgan fingerprint density at radius 1 is 1.07 bits per heavy atom. The van der Waals surface area contributed by atoms with E-state index in [2.05, 4.69) is 41.8 Å². The van der Waals surface area contributed by atoms with Gasteiger partial charge in [-0.3, -0.25) is 5.43 Å². The van der Waals surface area contributed by atoms with Gasteiger partial charge in [-0.2, -0.15) is 0 Å². The van der Waals surface area contributed by atoms with Crippen LogP contribution < -0.4 is 10.7 Å². The average Bonchev–Trinajstić information content (AvgIpc) is 2.16. The Balaban J connectivity index is 3.73. The molecule has 0 aliphatic heterocycles. The standard InChI is InChI=1S/C10H26N4/c1-11-8-6-10(13(3)4)7-9-14(5)12-2/h10-12H,6-9H2,1-5H3. The van der Waals surface area contributed by atoms with Crippen LogP contribution in [0.2, 0.25) is 0 Å². The van der Waals surface area contributed by atoms with Crippen LogP contribution in [0.3, 0.4) is 0 Å². The highest BCUT2D eigenvalue weighted by atomic mass is 15.5. The van der Waals surface area contributed by atoms with Gasteiger partial charge in [-0.15, -0.1) is 0 Å². The molecule has 0 fully saturated rings. The number of rotatable bonds is 8. The molecule has 0 aliphatic carbocycles. The first-order valence-corrected chi connectivity index (χ1v) is 5.31. The molecule has 0 radical (unpaired) electrons. The summed E-state index contributed by atoms with van der Waals surface area (Å²) in [6.45, 7) is 2.18. The van der Waals surface area contributed by atoms with Gasteiger partial charge in [0.1, 0.15) is 0 Å². The molecule has 4 nitrogen and oxygen atoms in total. The van der Waals surface area contributed by atoms with Crippen molar-refractivity contribution in [2.45, 2.75) is 18.9 Å². The maximum atomic E-state index is 3.20. The molecule has 0 aromatic rings. The highest BCUT2D eigenvalue weighted by Crippen LogP contribution is 2.04. The van der Waals surface area contributed by atoms with E-state index in [-0.39, 0.29) is 0 Å². The summed E-state index contributed by atoms with van der Waals surface area (Å²) in [5.41, 5.74) is 3.11. The molecule has 0 aliphatic rings. The largest absolute Gasteiger partial charge is 0.320 e. The van der Waals surface area contributed by atoms with Crippen molar-refractivity contribution in [2.24, 2.45) is 0 Å². The van der Waals surface area contributed by atoms with Gasteiger partial charge in [0.05, 0.1) is 0 Å². The number of hydrogen-bond acceptors (Lipinski definition) is 4. The van der Waals surface area contributed by atoms with Crippen molar-refractivity contribution in [1.29, 1.82) is 0 Å². The fourth-order valence-corrected chi connectivity index (χ4v) is 1.43. The van der Waals surface area contributed by atoms with Crippen LogP contribution in [0, 0.1) is 0 Å². The van der Waals surface area contributed by atoms with E-state index in [4.69, 9.17) is 0 Å². The summed E-state index contributed by atoms with van der Waals surface area (Å²) in [7, 11) is 10.3. The molecular weight excluding hydrogens is 176 g/mol. The first kappa shape index (κ1) is 13.8. The summed E-state index contributed by atoms with van der Waals surface area (Å²) in [5.74, 6) is 0. The summed E-state index contributed by atoms with van der Waals surface area (Å²) in [5, 5.41) is 5.32. The molecule has 0 saturated carbocycles. The van der Waals surface area contributed by atoms with Gasteiger partial charge in [-0.25, -0.2) is 5.01 Å². The highest BCUT2D eigenvalue weighted by molar-refractivity contribution is 4.68. The molecule has 0 bridgehead atoms. The van der Waals surface area contributed by atoms with Crippen LogP contribution in [0.5, 0.6) is 0 Å².